The topological polar surface area (TPSA) is 0 Å². The lowest BCUT2D eigenvalue weighted by Crippen LogP contribution is -2.16. The first-order chi connectivity index (χ1) is 5.48. The van der Waals surface area contributed by atoms with Crippen molar-refractivity contribution in [3.8, 4) is 0 Å². The van der Waals surface area contributed by atoms with Crippen LogP contribution in [0.2, 0.25) is 5.54 Å². The largest absolute Gasteiger partial charge is 0.344 e. The van der Waals surface area contributed by atoms with Crippen LogP contribution in [0.3, 0.4) is 0 Å². The van der Waals surface area contributed by atoms with E-state index in [1.165, 1.54) is 0 Å². The fourth-order valence-corrected chi connectivity index (χ4v) is 2.42. The van der Waals surface area contributed by atoms with Gasteiger partial charge in [0.2, 0.25) is 0 Å². The first-order valence-corrected chi connectivity index (χ1v) is 9.27. The monoisotopic (exact) mass is 244 g/mol. The van der Waals surface area contributed by atoms with Crippen LogP contribution in [0.25, 0.3) is 0 Å². The quantitative estimate of drug-likeness (QED) is 0.273. The van der Waals surface area contributed by atoms with Crippen LogP contribution in [0, 0.1) is 0 Å². The summed E-state index contributed by atoms with van der Waals surface area (Å²) in [4.78, 5) is 0. The summed E-state index contributed by atoms with van der Waals surface area (Å²) in [5.41, 5.74) is 0.271. The van der Waals surface area contributed by atoms with Crippen molar-refractivity contribution in [2.75, 3.05) is 0 Å². The molecule has 0 aliphatic rings. The van der Waals surface area contributed by atoms with Crippen LogP contribution in [0.15, 0.2) is 12.7 Å². The number of unbranched alkanes of at least 4 members (excludes halogenated alkanes) is 2. The summed E-state index contributed by atoms with van der Waals surface area (Å²) in [5, 5.41) is 0. The van der Waals surface area contributed by atoms with Crippen molar-refractivity contribution in [1.82, 2.24) is 0 Å². The molecule has 0 amide bonds. The first kappa shape index (κ1) is 12.8. The van der Waals surface area contributed by atoms with E-state index in [1.807, 2.05) is 13.0 Å². The number of hydrogen-bond donors (Lipinski definition) is 0. The van der Waals surface area contributed by atoms with Gasteiger partial charge in [-0.05, 0) is 24.8 Å². The normalized spacial score (nSPS) is 14.3. The molecule has 0 aromatic rings. The molecule has 0 aliphatic carbocycles. The van der Waals surface area contributed by atoms with E-state index < -0.39 is 6.00 Å². The third-order valence-corrected chi connectivity index (χ3v) is 6.61. The lowest BCUT2D eigenvalue weighted by molar-refractivity contribution is 0.670. The first-order valence-electron chi connectivity index (χ1n) is 4.16. The van der Waals surface area contributed by atoms with Gasteiger partial charge in [0.25, 0.3) is 0 Å². The zero-order valence-electron chi connectivity index (χ0n) is 7.32. The third kappa shape index (κ3) is 6.35. The van der Waals surface area contributed by atoms with Gasteiger partial charge in [0.15, 0.2) is 0 Å². The summed E-state index contributed by atoms with van der Waals surface area (Å²) in [6.45, 7) is 5.68. The summed E-state index contributed by atoms with van der Waals surface area (Å²) in [5.74, 6) is 0. The molecule has 0 nitrogen and oxygen atoms in total. The Morgan fingerprint density at radius 3 is 2.33 bits per heavy atom. The smallest absolute Gasteiger partial charge is 0.126 e. The predicted molar refractivity (Wildman–Crippen MR) is 61.4 cm³/mol. The van der Waals surface area contributed by atoms with Crippen LogP contribution in [-0.4, -0.2) is 6.00 Å². The molecule has 0 N–H and O–H groups in total. The Bertz CT molecular complexity index is 131. The minimum atomic E-state index is -2.43. The standard InChI is InChI=1S/C8H15Cl3Si/c1-3-4-5-6-7-8(2)12(9,10)11/h3,8H,1,4-7H2,2H3/t8-/m1/s1. The molecule has 0 unspecified atom stereocenters. The highest BCUT2D eigenvalue weighted by molar-refractivity contribution is 7.65. The Hall–Kier alpha value is 0.827. The second-order valence-corrected chi connectivity index (χ2v) is 12.2. The fraction of sp³-hybridized carbons (Fsp3) is 0.750. The van der Waals surface area contributed by atoms with Crippen LogP contribution in [0.1, 0.15) is 32.6 Å². The molecule has 12 heavy (non-hydrogen) atoms. The Kier molecular flexibility index (Phi) is 6.74. The molecule has 1 atom stereocenters. The molecule has 0 heterocycles. The molecule has 4 heteroatoms. The maximum Gasteiger partial charge on any atom is 0.344 e. The highest BCUT2D eigenvalue weighted by Gasteiger charge is 2.32. The van der Waals surface area contributed by atoms with Crippen LogP contribution >= 0.6 is 33.2 Å². The van der Waals surface area contributed by atoms with Gasteiger partial charge in [-0.15, -0.1) is 39.8 Å². The van der Waals surface area contributed by atoms with Gasteiger partial charge in [-0.2, -0.15) is 0 Å². The van der Waals surface area contributed by atoms with E-state index in [-0.39, 0.29) is 5.54 Å². The molecular weight excluding hydrogens is 231 g/mol. The average molecular weight is 246 g/mol. The molecule has 0 spiro atoms. The highest BCUT2D eigenvalue weighted by Crippen LogP contribution is 2.36. The second-order valence-electron chi connectivity index (χ2n) is 3.02. The highest BCUT2D eigenvalue weighted by atomic mass is 35.8. The minimum absolute atomic E-state index is 0.271. The molecule has 0 fully saturated rings. The minimum Gasteiger partial charge on any atom is -0.126 e. The SMILES string of the molecule is C=CCCCC[C@@H](C)[Si](Cl)(Cl)Cl. The van der Waals surface area contributed by atoms with E-state index in [9.17, 15) is 0 Å². The summed E-state index contributed by atoms with van der Waals surface area (Å²) >= 11 is 17.5. The van der Waals surface area contributed by atoms with E-state index in [2.05, 4.69) is 6.58 Å². The van der Waals surface area contributed by atoms with Gasteiger partial charge in [0, 0.05) is 0 Å². The molecule has 0 aliphatic heterocycles. The van der Waals surface area contributed by atoms with E-state index >= 15 is 0 Å². The number of allylic oxidation sites excluding steroid dienone is 1. The second kappa shape index (κ2) is 6.31. The van der Waals surface area contributed by atoms with Gasteiger partial charge in [-0.1, -0.05) is 19.4 Å². The van der Waals surface area contributed by atoms with E-state index in [0.717, 1.165) is 25.7 Å². The molecule has 0 rings (SSSR count). The third-order valence-electron chi connectivity index (χ3n) is 1.85. The van der Waals surface area contributed by atoms with Crippen LogP contribution in [-0.2, 0) is 0 Å². The Balaban J connectivity index is 3.44. The van der Waals surface area contributed by atoms with Gasteiger partial charge in [0.05, 0.1) is 0 Å². The van der Waals surface area contributed by atoms with Crippen molar-refractivity contribution in [3.05, 3.63) is 12.7 Å². The molecular formula is C8H15Cl3Si. The summed E-state index contributed by atoms with van der Waals surface area (Å²) in [6, 6.07) is -2.43. The Morgan fingerprint density at radius 1 is 1.33 bits per heavy atom. The molecule has 0 saturated carbocycles. The maximum atomic E-state index is 5.85. The zero-order valence-corrected chi connectivity index (χ0v) is 10.6. The molecule has 0 aromatic carbocycles. The molecule has 0 aromatic heterocycles. The summed E-state index contributed by atoms with van der Waals surface area (Å²) in [6.07, 6.45) is 6.30. The Morgan fingerprint density at radius 2 is 1.92 bits per heavy atom. The predicted octanol–water partition coefficient (Wildman–Crippen LogP) is 4.78. The fourth-order valence-electron chi connectivity index (χ4n) is 0.903. The lowest BCUT2D eigenvalue weighted by atomic mass is 10.1. The van der Waals surface area contributed by atoms with Crippen molar-refractivity contribution in [2.24, 2.45) is 0 Å². The lowest BCUT2D eigenvalue weighted by Gasteiger charge is -2.16. The average Bonchev–Trinajstić information content (AvgIpc) is 1.96. The Labute approximate surface area is 90.0 Å². The zero-order chi connectivity index (χ0) is 9.61. The molecule has 0 saturated heterocycles. The van der Waals surface area contributed by atoms with Gasteiger partial charge in [-0.3, -0.25) is 0 Å². The van der Waals surface area contributed by atoms with E-state index in [4.69, 9.17) is 33.2 Å². The molecule has 72 valence electrons. The summed E-state index contributed by atoms with van der Waals surface area (Å²) in [7, 11) is 0. The summed E-state index contributed by atoms with van der Waals surface area (Å²) < 4.78 is 0. The van der Waals surface area contributed by atoms with Crippen molar-refractivity contribution in [2.45, 2.75) is 38.1 Å². The van der Waals surface area contributed by atoms with Crippen molar-refractivity contribution in [1.29, 1.82) is 0 Å². The van der Waals surface area contributed by atoms with Crippen molar-refractivity contribution >= 4 is 39.2 Å². The van der Waals surface area contributed by atoms with Crippen LogP contribution in [0.5, 0.6) is 0 Å². The van der Waals surface area contributed by atoms with Crippen molar-refractivity contribution in [3.63, 3.8) is 0 Å². The number of rotatable bonds is 6. The van der Waals surface area contributed by atoms with Gasteiger partial charge in [-0.25, -0.2) is 0 Å². The van der Waals surface area contributed by atoms with E-state index in [0.29, 0.717) is 0 Å². The van der Waals surface area contributed by atoms with Gasteiger partial charge >= 0.3 is 6.00 Å². The molecule has 0 bridgehead atoms. The van der Waals surface area contributed by atoms with Crippen molar-refractivity contribution < 1.29 is 0 Å². The van der Waals surface area contributed by atoms with Gasteiger partial charge < -0.3 is 0 Å². The number of hydrogen-bond acceptors (Lipinski definition) is 0. The van der Waals surface area contributed by atoms with Crippen LogP contribution < -0.4 is 0 Å². The maximum absolute atomic E-state index is 5.85. The van der Waals surface area contributed by atoms with Gasteiger partial charge in [0.1, 0.15) is 0 Å². The van der Waals surface area contributed by atoms with E-state index in [1.54, 1.807) is 0 Å². The number of halogens is 3. The van der Waals surface area contributed by atoms with Crippen LogP contribution in [0.4, 0.5) is 0 Å². The molecule has 0 radical (unpaired) electrons.